The molecule has 0 bridgehead atoms. The third kappa shape index (κ3) is 1.48. The second-order valence-corrected chi connectivity index (χ2v) is 1.81. The van der Waals surface area contributed by atoms with E-state index in [-0.39, 0.29) is 6.61 Å². The highest BCUT2D eigenvalue weighted by atomic mass is 16.5. The van der Waals surface area contributed by atoms with E-state index < -0.39 is 0 Å². The number of hydrogen-bond acceptors (Lipinski definition) is 4. The van der Waals surface area contributed by atoms with Gasteiger partial charge in [0, 0.05) is 12.5 Å². The summed E-state index contributed by atoms with van der Waals surface area (Å²) in [6, 6.07) is 1.65. The molecule has 10 heavy (non-hydrogen) atoms. The van der Waals surface area contributed by atoms with Crippen LogP contribution < -0.4 is 4.74 Å². The first-order valence-corrected chi connectivity index (χ1v) is 2.97. The molecule has 4 nitrogen and oxygen atoms in total. The van der Waals surface area contributed by atoms with Crippen LogP contribution in [0.3, 0.4) is 0 Å². The number of methoxy groups -OCH3 is 1. The summed E-state index contributed by atoms with van der Waals surface area (Å²) < 4.78 is 9.52. The van der Waals surface area contributed by atoms with Gasteiger partial charge >= 0.3 is 0 Å². The molecule has 0 aliphatic rings. The highest BCUT2D eigenvalue weighted by molar-refractivity contribution is 5.10. The normalized spacial score (nSPS) is 9.80. The van der Waals surface area contributed by atoms with E-state index in [1.54, 1.807) is 6.07 Å². The number of ether oxygens (including phenoxy) is 1. The fraction of sp³-hybridized carbons (Fsp3) is 0.500. The molecule has 1 N–H and O–H groups in total. The Bertz CT molecular complexity index is 197. The smallest absolute Gasteiger partial charge is 0.254 e. The van der Waals surface area contributed by atoms with Crippen molar-refractivity contribution in [3.8, 4) is 5.88 Å². The molecule has 0 aliphatic heterocycles. The van der Waals surface area contributed by atoms with Crippen LogP contribution in [0.4, 0.5) is 0 Å². The molecule has 1 aromatic heterocycles. The zero-order valence-corrected chi connectivity index (χ0v) is 5.70. The van der Waals surface area contributed by atoms with Gasteiger partial charge in [0.15, 0.2) is 0 Å². The van der Waals surface area contributed by atoms with E-state index in [1.165, 1.54) is 7.11 Å². The minimum Gasteiger partial charge on any atom is -0.479 e. The molecule has 0 aliphatic carbocycles. The van der Waals surface area contributed by atoms with E-state index in [4.69, 9.17) is 14.4 Å². The predicted octanol–water partition coefficient (Wildman–Crippen LogP) is 0.218. The highest BCUT2D eigenvalue weighted by Crippen LogP contribution is 2.09. The summed E-state index contributed by atoms with van der Waals surface area (Å²) in [6.07, 6.45) is 0.482. The highest BCUT2D eigenvalue weighted by Gasteiger charge is 2.01. The summed E-state index contributed by atoms with van der Waals surface area (Å²) in [5.41, 5.74) is 0. The van der Waals surface area contributed by atoms with Crippen LogP contribution in [0, 0.1) is 0 Å². The Balaban J connectivity index is 2.59. The van der Waals surface area contributed by atoms with Crippen LogP contribution in [0.5, 0.6) is 5.88 Å². The van der Waals surface area contributed by atoms with E-state index in [0.717, 1.165) is 0 Å². The fourth-order valence-corrected chi connectivity index (χ4v) is 0.618. The largest absolute Gasteiger partial charge is 0.479 e. The second-order valence-electron chi connectivity index (χ2n) is 1.81. The number of nitrogens with zero attached hydrogens (tertiary/aromatic N) is 1. The molecule has 0 saturated heterocycles. The van der Waals surface area contributed by atoms with E-state index in [0.29, 0.717) is 18.1 Å². The average molecular weight is 143 g/mol. The Morgan fingerprint density at radius 3 is 3.10 bits per heavy atom. The van der Waals surface area contributed by atoms with E-state index in [1.807, 2.05) is 0 Å². The lowest BCUT2D eigenvalue weighted by Crippen LogP contribution is -1.86. The molecular weight excluding hydrogens is 134 g/mol. The van der Waals surface area contributed by atoms with Gasteiger partial charge in [-0.1, -0.05) is 0 Å². The van der Waals surface area contributed by atoms with Crippen LogP contribution >= 0.6 is 0 Å². The molecular formula is C6H9NO3. The molecule has 0 unspecified atom stereocenters. The second kappa shape index (κ2) is 3.22. The predicted molar refractivity (Wildman–Crippen MR) is 33.8 cm³/mol. The van der Waals surface area contributed by atoms with Crippen molar-refractivity contribution in [3.05, 3.63) is 11.8 Å². The molecule has 0 aromatic carbocycles. The third-order valence-corrected chi connectivity index (χ3v) is 1.10. The topological polar surface area (TPSA) is 55.5 Å². The van der Waals surface area contributed by atoms with Gasteiger partial charge < -0.3 is 14.4 Å². The van der Waals surface area contributed by atoms with Crippen molar-refractivity contribution in [1.82, 2.24) is 5.16 Å². The Morgan fingerprint density at radius 2 is 2.60 bits per heavy atom. The molecule has 56 valence electrons. The van der Waals surface area contributed by atoms with E-state index in [9.17, 15) is 0 Å². The van der Waals surface area contributed by atoms with Gasteiger partial charge in [-0.3, -0.25) is 0 Å². The Hall–Kier alpha value is -1.03. The van der Waals surface area contributed by atoms with Gasteiger partial charge in [0.25, 0.3) is 5.88 Å². The first-order valence-electron chi connectivity index (χ1n) is 2.97. The molecule has 0 spiro atoms. The van der Waals surface area contributed by atoms with Crippen LogP contribution in [-0.2, 0) is 6.42 Å². The van der Waals surface area contributed by atoms with Crippen LogP contribution in [0.15, 0.2) is 10.6 Å². The number of aliphatic hydroxyl groups is 1. The van der Waals surface area contributed by atoms with Crippen molar-refractivity contribution in [2.75, 3.05) is 13.7 Å². The van der Waals surface area contributed by atoms with Crippen molar-refractivity contribution in [3.63, 3.8) is 0 Å². The van der Waals surface area contributed by atoms with Gasteiger partial charge in [-0.2, -0.15) is 0 Å². The van der Waals surface area contributed by atoms with Crippen molar-refractivity contribution in [1.29, 1.82) is 0 Å². The SMILES string of the molecule is COc1cc(CCO)on1. The number of aliphatic hydroxyl groups excluding tert-OH is 1. The van der Waals surface area contributed by atoms with Crippen LogP contribution in [0.2, 0.25) is 0 Å². The molecule has 0 atom stereocenters. The fourth-order valence-electron chi connectivity index (χ4n) is 0.618. The minimum atomic E-state index is 0.0678. The number of aromatic nitrogens is 1. The van der Waals surface area contributed by atoms with Gasteiger partial charge in [0.1, 0.15) is 5.76 Å². The molecule has 1 heterocycles. The van der Waals surface area contributed by atoms with Gasteiger partial charge in [0.2, 0.25) is 0 Å². The van der Waals surface area contributed by atoms with Crippen molar-refractivity contribution in [2.24, 2.45) is 0 Å². The molecule has 0 amide bonds. The maximum atomic E-state index is 8.47. The quantitative estimate of drug-likeness (QED) is 0.657. The summed E-state index contributed by atoms with van der Waals surface area (Å²) in [7, 11) is 1.51. The van der Waals surface area contributed by atoms with Gasteiger partial charge in [-0.05, 0) is 5.16 Å². The van der Waals surface area contributed by atoms with Crippen molar-refractivity contribution >= 4 is 0 Å². The average Bonchev–Trinajstić information content (AvgIpc) is 2.37. The molecule has 4 heteroatoms. The Kier molecular flexibility index (Phi) is 2.28. The Labute approximate surface area is 58.4 Å². The number of hydrogen-bond donors (Lipinski definition) is 1. The molecule has 0 fully saturated rings. The summed E-state index contributed by atoms with van der Waals surface area (Å²) in [5.74, 6) is 1.09. The standard InChI is InChI=1S/C6H9NO3/c1-9-6-4-5(2-3-8)10-7-6/h4,8H,2-3H2,1H3. The van der Waals surface area contributed by atoms with Crippen LogP contribution in [0.25, 0.3) is 0 Å². The molecule has 1 rings (SSSR count). The summed E-state index contributed by atoms with van der Waals surface area (Å²) in [4.78, 5) is 0. The lowest BCUT2D eigenvalue weighted by Gasteiger charge is -1.85. The lowest BCUT2D eigenvalue weighted by molar-refractivity contribution is 0.272. The first kappa shape index (κ1) is 7.08. The third-order valence-electron chi connectivity index (χ3n) is 1.10. The van der Waals surface area contributed by atoms with Crippen LogP contribution in [-0.4, -0.2) is 24.0 Å². The van der Waals surface area contributed by atoms with Gasteiger partial charge in [-0.25, -0.2) is 0 Å². The van der Waals surface area contributed by atoms with Gasteiger partial charge in [0.05, 0.1) is 13.7 Å². The maximum Gasteiger partial charge on any atom is 0.254 e. The molecule has 1 aromatic rings. The lowest BCUT2D eigenvalue weighted by atomic mass is 10.3. The van der Waals surface area contributed by atoms with Crippen LogP contribution in [0.1, 0.15) is 5.76 Å². The number of rotatable bonds is 3. The summed E-state index contributed by atoms with van der Waals surface area (Å²) in [6.45, 7) is 0.0678. The van der Waals surface area contributed by atoms with Crippen molar-refractivity contribution in [2.45, 2.75) is 6.42 Å². The van der Waals surface area contributed by atoms with Gasteiger partial charge in [-0.15, -0.1) is 0 Å². The summed E-state index contributed by atoms with van der Waals surface area (Å²) in [5, 5.41) is 12.0. The summed E-state index contributed by atoms with van der Waals surface area (Å²) >= 11 is 0. The van der Waals surface area contributed by atoms with E-state index >= 15 is 0 Å². The molecule has 0 radical (unpaired) electrons. The maximum absolute atomic E-state index is 8.47. The minimum absolute atomic E-state index is 0.0678. The first-order chi connectivity index (χ1) is 4.86. The van der Waals surface area contributed by atoms with E-state index in [2.05, 4.69) is 5.16 Å². The monoisotopic (exact) mass is 143 g/mol. The van der Waals surface area contributed by atoms with Crippen molar-refractivity contribution < 1.29 is 14.4 Å². The zero-order chi connectivity index (χ0) is 7.40. The zero-order valence-electron chi connectivity index (χ0n) is 5.70. The molecule has 0 saturated carbocycles. The Morgan fingerprint density at radius 1 is 1.80 bits per heavy atom.